The van der Waals surface area contributed by atoms with Gasteiger partial charge in [-0.2, -0.15) is 0 Å². The Bertz CT molecular complexity index is 738. The molecule has 0 radical (unpaired) electrons. The molecule has 2 aromatic rings. The van der Waals surface area contributed by atoms with Gasteiger partial charge in [-0.05, 0) is 18.1 Å². The van der Waals surface area contributed by atoms with Crippen LogP contribution in [-0.4, -0.2) is 44.0 Å². The third-order valence-corrected chi connectivity index (χ3v) is 3.82. The summed E-state index contributed by atoms with van der Waals surface area (Å²) in [5, 5.41) is 6.20. The van der Waals surface area contributed by atoms with Crippen molar-refractivity contribution in [2.75, 3.05) is 27.2 Å². The number of benzene rings is 2. The molecule has 0 fully saturated rings. The highest BCUT2D eigenvalue weighted by Crippen LogP contribution is 2.07. The maximum absolute atomic E-state index is 13.8. The predicted octanol–water partition coefficient (Wildman–Crippen LogP) is 2.81. The van der Waals surface area contributed by atoms with E-state index in [1.807, 2.05) is 18.2 Å². The van der Waals surface area contributed by atoms with Crippen molar-refractivity contribution in [2.45, 2.75) is 13.0 Å². The van der Waals surface area contributed by atoms with E-state index in [1.165, 1.54) is 16.5 Å². The zero-order chi connectivity index (χ0) is 18.8. The number of nitrogens with zero attached hydrogens (tertiary/aromatic N) is 2. The van der Waals surface area contributed by atoms with E-state index in [-0.39, 0.29) is 48.8 Å². The maximum atomic E-state index is 13.8. The molecule has 0 spiro atoms. The Balaban J connectivity index is 0.00000364. The SMILES string of the molecule is CN(C)C(=O)CNC(=NCc1ccccc1F)NCCc1ccccc1.I. The molecule has 0 unspecified atom stereocenters. The average Bonchev–Trinajstić information content (AvgIpc) is 2.65. The lowest BCUT2D eigenvalue weighted by atomic mass is 10.1. The number of hydrogen-bond acceptors (Lipinski definition) is 2. The van der Waals surface area contributed by atoms with Gasteiger partial charge in [0, 0.05) is 26.2 Å². The first-order valence-electron chi connectivity index (χ1n) is 8.56. The Morgan fingerprint density at radius 1 is 1.04 bits per heavy atom. The predicted molar refractivity (Wildman–Crippen MR) is 118 cm³/mol. The van der Waals surface area contributed by atoms with Gasteiger partial charge in [-0.25, -0.2) is 9.38 Å². The Labute approximate surface area is 177 Å². The lowest BCUT2D eigenvalue weighted by Crippen LogP contribution is -2.43. The summed E-state index contributed by atoms with van der Waals surface area (Å²) in [6, 6.07) is 16.6. The van der Waals surface area contributed by atoms with Crippen LogP contribution >= 0.6 is 24.0 Å². The van der Waals surface area contributed by atoms with Crippen molar-refractivity contribution in [3.8, 4) is 0 Å². The average molecular weight is 484 g/mol. The van der Waals surface area contributed by atoms with Crippen molar-refractivity contribution in [2.24, 2.45) is 4.99 Å². The Morgan fingerprint density at radius 2 is 1.70 bits per heavy atom. The summed E-state index contributed by atoms with van der Waals surface area (Å²) in [6.45, 7) is 0.980. The highest BCUT2D eigenvalue weighted by molar-refractivity contribution is 14.0. The third kappa shape index (κ3) is 8.38. The summed E-state index contributed by atoms with van der Waals surface area (Å²) in [5.41, 5.74) is 1.72. The van der Waals surface area contributed by atoms with E-state index in [1.54, 1.807) is 32.3 Å². The minimum atomic E-state index is -0.288. The van der Waals surface area contributed by atoms with Crippen molar-refractivity contribution < 1.29 is 9.18 Å². The molecule has 0 aromatic heterocycles. The molecule has 146 valence electrons. The molecular formula is C20H26FIN4O. The molecule has 0 atom stereocenters. The van der Waals surface area contributed by atoms with Crippen molar-refractivity contribution in [1.29, 1.82) is 0 Å². The summed E-state index contributed by atoms with van der Waals surface area (Å²) < 4.78 is 13.8. The van der Waals surface area contributed by atoms with Gasteiger partial charge in [-0.3, -0.25) is 4.79 Å². The van der Waals surface area contributed by atoms with Crippen LogP contribution < -0.4 is 10.6 Å². The summed E-state index contributed by atoms with van der Waals surface area (Å²) >= 11 is 0. The van der Waals surface area contributed by atoms with Crippen LogP contribution in [0.4, 0.5) is 4.39 Å². The van der Waals surface area contributed by atoms with Crippen LogP contribution in [0, 0.1) is 5.82 Å². The lowest BCUT2D eigenvalue weighted by molar-refractivity contribution is -0.127. The number of aliphatic imine (C=N–C) groups is 1. The molecule has 2 aromatic carbocycles. The number of likely N-dealkylation sites (N-methyl/N-ethyl adjacent to an activating group) is 1. The third-order valence-electron chi connectivity index (χ3n) is 3.82. The zero-order valence-electron chi connectivity index (χ0n) is 15.6. The minimum Gasteiger partial charge on any atom is -0.356 e. The molecule has 0 aliphatic heterocycles. The van der Waals surface area contributed by atoms with E-state index in [2.05, 4.69) is 27.8 Å². The van der Waals surface area contributed by atoms with E-state index in [0.29, 0.717) is 18.1 Å². The van der Waals surface area contributed by atoms with E-state index in [0.717, 1.165) is 6.42 Å². The van der Waals surface area contributed by atoms with Gasteiger partial charge >= 0.3 is 0 Å². The second kappa shape index (κ2) is 12.3. The number of guanidine groups is 1. The van der Waals surface area contributed by atoms with Crippen LogP contribution in [-0.2, 0) is 17.8 Å². The van der Waals surface area contributed by atoms with Crippen molar-refractivity contribution in [1.82, 2.24) is 15.5 Å². The summed E-state index contributed by atoms with van der Waals surface area (Å²) in [5.74, 6) is 0.136. The largest absolute Gasteiger partial charge is 0.356 e. The maximum Gasteiger partial charge on any atom is 0.241 e. The summed E-state index contributed by atoms with van der Waals surface area (Å²) in [6.07, 6.45) is 0.822. The van der Waals surface area contributed by atoms with Crippen LogP contribution in [0.25, 0.3) is 0 Å². The molecule has 0 heterocycles. The van der Waals surface area contributed by atoms with Crippen LogP contribution in [0.3, 0.4) is 0 Å². The number of carbonyl (C=O) groups is 1. The molecule has 2 rings (SSSR count). The standard InChI is InChI=1S/C20H25FN4O.HI/c1-25(2)19(26)15-24-20(22-13-12-16-8-4-3-5-9-16)23-14-17-10-6-7-11-18(17)21;/h3-11H,12-15H2,1-2H3,(H2,22,23,24);1H. The second-order valence-corrected chi connectivity index (χ2v) is 6.06. The highest BCUT2D eigenvalue weighted by atomic mass is 127. The van der Waals surface area contributed by atoms with E-state index < -0.39 is 0 Å². The molecule has 0 saturated carbocycles. The smallest absolute Gasteiger partial charge is 0.241 e. The fourth-order valence-electron chi connectivity index (χ4n) is 2.25. The Morgan fingerprint density at radius 3 is 2.37 bits per heavy atom. The Kier molecular flexibility index (Phi) is 10.4. The minimum absolute atomic E-state index is 0. The van der Waals surface area contributed by atoms with Crippen LogP contribution in [0.2, 0.25) is 0 Å². The fraction of sp³-hybridized carbons (Fsp3) is 0.300. The van der Waals surface area contributed by atoms with Gasteiger partial charge in [0.15, 0.2) is 5.96 Å². The summed E-state index contributed by atoms with van der Waals surface area (Å²) in [4.78, 5) is 17.7. The number of carbonyl (C=O) groups excluding carboxylic acids is 1. The molecule has 0 aliphatic rings. The van der Waals surface area contributed by atoms with Crippen molar-refractivity contribution >= 4 is 35.8 Å². The fourth-order valence-corrected chi connectivity index (χ4v) is 2.25. The van der Waals surface area contributed by atoms with Gasteiger partial charge in [-0.15, -0.1) is 24.0 Å². The zero-order valence-corrected chi connectivity index (χ0v) is 17.9. The van der Waals surface area contributed by atoms with Gasteiger partial charge in [0.2, 0.25) is 5.91 Å². The molecule has 0 saturated heterocycles. The number of amides is 1. The van der Waals surface area contributed by atoms with E-state index in [4.69, 9.17) is 0 Å². The quantitative estimate of drug-likeness (QED) is 0.361. The highest BCUT2D eigenvalue weighted by Gasteiger charge is 2.07. The topological polar surface area (TPSA) is 56.7 Å². The number of halogens is 2. The first-order chi connectivity index (χ1) is 12.6. The molecule has 7 heteroatoms. The van der Waals surface area contributed by atoms with Gasteiger partial charge in [0.05, 0.1) is 13.1 Å². The van der Waals surface area contributed by atoms with Gasteiger partial charge in [0.1, 0.15) is 5.82 Å². The molecule has 27 heavy (non-hydrogen) atoms. The van der Waals surface area contributed by atoms with Gasteiger partial charge in [0.25, 0.3) is 0 Å². The number of nitrogens with one attached hydrogen (secondary N) is 2. The monoisotopic (exact) mass is 484 g/mol. The van der Waals surface area contributed by atoms with Crippen LogP contribution in [0.1, 0.15) is 11.1 Å². The normalized spacial score (nSPS) is 10.7. The van der Waals surface area contributed by atoms with Crippen LogP contribution in [0.5, 0.6) is 0 Å². The molecule has 0 bridgehead atoms. The molecular weight excluding hydrogens is 458 g/mol. The van der Waals surface area contributed by atoms with Crippen molar-refractivity contribution in [3.05, 3.63) is 71.5 Å². The summed E-state index contributed by atoms with van der Waals surface area (Å²) in [7, 11) is 3.39. The first-order valence-corrected chi connectivity index (χ1v) is 8.56. The second-order valence-electron chi connectivity index (χ2n) is 6.06. The molecule has 1 amide bonds. The number of hydrogen-bond donors (Lipinski definition) is 2. The Hall–Kier alpha value is -2.16. The van der Waals surface area contributed by atoms with E-state index in [9.17, 15) is 9.18 Å². The van der Waals surface area contributed by atoms with Crippen molar-refractivity contribution in [3.63, 3.8) is 0 Å². The van der Waals surface area contributed by atoms with Crippen LogP contribution in [0.15, 0.2) is 59.6 Å². The number of rotatable bonds is 7. The van der Waals surface area contributed by atoms with E-state index >= 15 is 0 Å². The first kappa shape index (κ1) is 22.9. The van der Waals surface area contributed by atoms with Gasteiger partial charge in [-0.1, -0.05) is 48.5 Å². The molecule has 0 aliphatic carbocycles. The van der Waals surface area contributed by atoms with Gasteiger partial charge < -0.3 is 15.5 Å². The molecule has 5 nitrogen and oxygen atoms in total. The molecule has 2 N–H and O–H groups in total. The lowest BCUT2D eigenvalue weighted by Gasteiger charge is -2.15.